The van der Waals surface area contributed by atoms with Crippen molar-refractivity contribution in [3.05, 3.63) is 49.6 Å². The van der Waals surface area contributed by atoms with Gasteiger partial charge in [0.1, 0.15) is 0 Å². The van der Waals surface area contributed by atoms with Crippen molar-refractivity contribution in [2.24, 2.45) is 5.41 Å². The molecule has 0 heteroatoms. The van der Waals surface area contributed by atoms with Gasteiger partial charge in [0.15, 0.2) is 0 Å². The lowest BCUT2D eigenvalue weighted by Crippen LogP contribution is -2.19. The van der Waals surface area contributed by atoms with Crippen LogP contribution < -0.4 is 0 Å². The van der Waals surface area contributed by atoms with Crippen LogP contribution in [-0.4, -0.2) is 0 Å². The van der Waals surface area contributed by atoms with Gasteiger partial charge in [0.2, 0.25) is 0 Å². The Morgan fingerprint density at radius 3 is 1.47 bits per heavy atom. The standard InChI is InChI=1S/C17H28/c1-7-15(5)11-13-17(9-3,10-4)14-12-16(6)8-2/h7-8H,1-2,5-6,9-14H2,3-4H3. The van der Waals surface area contributed by atoms with Crippen molar-refractivity contribution in [2.75, 3.05) is 0 Å². The van der Waals surface area contributed by atoms with Crippen LogP contribution in [0.4, 0.5) is 0 Å². The Kier molecular flexibility index (Phi) is 7.61. The summed E-state index contributed by atoms with van der Waals surface area (Å²) < 4.78 is 0. The summed E-state index contributed by atoms with van der Waals surface area (Å²) >= 11 is 0. The molecule has 0 saturated carbocycles. The molecule has 0 rings (SSSR count). The first-order chi connectivity index (χ1) is 8.03. The fourth-order valence-electron chi connectivity index (χ4n) is 2.14. The highest BCUT2D eigenvalue weighted by atomic mass is 14.3. The molecule has 0 aliphatic carbocycles. The minimum absolute atomic E-state index is 0.428. The zero-order valence-corrected chi connectivity index (χ0v) is 11.7. The lowest BCUT2D eigenvalue weighted by atomic mass is 9.73. The second kappa shape index (κ2) is 8.11. The van der Waals surface area contributed by atoms with Gasteiger partial charge < -0.3 is 0 Å². The van der Waals surface area contributed by atoms with Crippen LogP contribution in [0.1, 0.15) is 52.4 Å². The average molecular weight is 232 g/mol. The Bertz CT molecular complexity index is 250. The largest absolute Gasteiger partial charge is 0.0988 e. The van der Waals surface area contributed by atoms with Gasteiger partial charge in [-0.3, -0.25) is 0 Å². The predicted molar refractivity (Wildman–Crippen MR) is 80.2 cm³/mol. The third kappa shape index (κ3) is 5.72. The second-order valence-electron chi connectivity index (χ2n) is 4.93. The van der Waals surface area contributed by atoms with Gasteiger partial charge in [0.25, 0.3) is 0 Å². The fourth-order valence-corrected chi connectivity index (χ4v) is 2.14. The summed E-state index contributed by atoms with van der Waals surface area (Å²) in [5.74, 6) is 0. The van der Waals surface area contributed by atoms with Crippen molar-refractivity contribution < 1.29 is 0 Å². The first-order valence-electron chi connectivity index (χ1n) is 6.64. The zero-order chi connectivity index (χ0) is 13.3. The molecule has 0 amide bonds. The number of rotatable bonds is 10. The summed E-state index contributed by atoms with van der Waals surface area (Å²) in [4.78, 5) is 0. The number of hydrogen-bond acceptors (Lipinski definition) is 0. The molecule has 0 nitrogen and oxygen atoms in total. The first-order valence-corrected chi connectivity index (χ1v) is 6.64. The molecular formula is C17H28. The van der Waals surface area contributed by atoms with Crippen molar-refractivity contribution >= 4 is 0 Å². The lowest BCUT2D eigenvalue weighted by molar-refractivity contribution is 0.220. The molecule has 0 aromatic carbocycles. The number of hydrogen-bond donors (Lipinski definition) is 0. The van der Waals surface area contributed by atoms with Gasteiger partial charge in [-0.1, -0.05) is 76.3 Å². The van der Waals surface area contributed by atoms with Crippen LogP contribution in [0.2, 0.25) is 0 Å². The van der Waals surface area contributed by atoms with Crippen molar-refractivity contribution in [1.29, 1.82) is 0 Å². The van der Waals surface area contributed by atoms with Gasteiger partial charge in [-0.15, -0.1) is 0 Å². The summed E-state index contributed by atoms with van der Waals surface area (Å²) in [6, 6.07) is 0. The van der Waals surface area contributed by atoms with Crippen LogP contribution in [0.15, 0.2) is 49.6 Å². The molecule has 96 valence electrons. The molecular weight excluding hydrogens is 204 g/mol. The van der Waals surface area contributed by atoms with E-state index in [9.17, 15) is 0 Å². The fraction of sp³-hybridized carbons (Fsp3) is 0.529. The van der Waals surface area contributed by atoms with Crippen molar-refractivity contribution in [1.82, 2.24) is 0 Å². The van der Waals surface area contributed by atoms with Crippen LogP contribution in [-0.2, 0) is 0 Å². The van der Waals surface area contributed by atoms with Crippen LogP contribution in [0.5, 0.6) is 0 Å². The molecule has 17 heavy (non-hydrogen) atoms. The Hall–Kier alpha value is -1.04. The highest BCUT2D eigenvalue weighted by Gasteiger charge is 2.25. The molecule has 0 bridgehead atoms. The molecule has 0 spiro atoms. The maximum Gasteiger partial charge on any atom is -0.0280 e. The van der Waals surface area contributed by atoms with Gasteiger partial charge in [-0.2, -0.15) is 0 Å². The van der Waals surface area contributed by atoms with Gasteiger partial charge in [0, 0.05) is 0 Å². The Labute approximate surface area is 108 Å². The molecule has 0 N–H and O–H groups in total. The van der Waals surface area contributed by atoms with E-state index >= 15 is 0 Å². The summed E-state index contributed by atoms with van der Waals surface area (Å²) in [6.45, 7) is 20.1. The van der Waals surface area contributed by atoms with E-state index in [1.165, 1.54) is 25.7 Å². The van der Waals surface area contributed by atoms with E-state index in [4.69, 9.17) is 0 Å². The van der Waals surface area contributed by atoms with Crippen LogP contribution in [0.3, 0.4) is 0 Å². The Morgan fingerprint density at radius 1 is 0.882 bits per heavy atom. The molecule has 0 unspecified atom stereocenters. The van der Waals surface area contributed by atoms with Crippen LogP contribution >= 0.6 is 0 Å². The van der Waals surface area contributed by atoms with Crippen molar-refractivity contribution in [3.63, 3.8) is 0 Å². The van der Waals surface area contributed by atoms with Gasteiger partial charge in [-0.05, 0) is 31.1 Å². The van der Waals surface area contributed by atoms with E-state index in [1.807, 2.05) is 12.2 Å². The molecule has 0 aromatic heterocycles. The minimum Gasteiger partial charge on any atom is -0.0988 e. The van der Waals surface area contributed by atoms with Crippen LogP contribution in [0, 0.1) is 5.41 Å². The zero-order valence-electron chi connectivity index (χ0n) is 11.7. The second-order valence-corrected chi connectivity index (χ2v) is 4.93. The number of allylic oxidation sites excluding steroid dienone is 4. The Morgan fingerprint density at radius 2 is 1.24 bits per heavy atom. The molecule has 0 heterocycles. The maximum atomic E-state index is 4.00. The third-order valence-corrected chi connectivity index (χ3v) is 4.03. The van der Waals surface area contributed by atoms with E-state index < -0.39 is 0 Å². The van der Waals surface area contributed by atoms with Crippen LogP contribution in [0.25, 0.3) is 0 Å². The molecule has 0 atom stereocenters. The van der Waals surface area contributed by atoms with Crippen molar-refractivity contribution in [2.45, 2.75) is 52.4 Å². The topological polar surface area (TPSA) is 0 Å². The minimum atomic E-state index is 0.428. The van der Waals surface area contributed by atoms with E-state index in [2.05, 4.69) is 40.2 Å². The Balaban J connectivity index is 4.43. The quantitative estimate of drug-likeness (QED) is 0.415. The predicted octanol–water partition coefficient (Wildman–Crippen LogP) is 5.84. The molecule has 0 saturated heterocycles. The van der Waals surface area contributed by atoms with E-state index in [0.717, 1.165) is 24.0 Å². The maximum absolute atomic E-state index is 4.00. The van der Waals surface area contributed by atoms with Gasteiger partial charge in [-0.25, -0.2) is 0 Å². The first kappa shape index (κ1) is 16.0. The average Bonchev–Trinajstić information content (AvgIpc) is 2.38. The normalized spacial score (nSPS) is 10.9. The smallest absolute Gasteiger partial charge is 0.0280 e. The molecule has 0 fully saturated rings. The van der Waals surface area contributed by atoms with E-state index in [-0.39, 0.29) is 0 Å². The van der Waals surface area contributed by atoms with Gasteiger partial charge in [0.05, 0.1) is 0 Å². The molecule has 0 aliphatic rings. The molecule has 0 aliphatic heterocycles. The van der Waals surface area contributed by atoms with E-state index in [0.29, 0.717) is 5.41 Å². The summed E-state index contributed by atoms with van der Waals surface area (Å²) in [7, 11) is 0. The monoisotopic (exact) mass is 232 g/mol. The van der Waals surface area contributed by atoms with Crippen molar-refractivity contribution in [3.8, 4) is 0 Å². The lowest BCUT2D eigenvalue weighted by Gasteiger charge is -2.32. The van der Waals surface area contributed by atoms with E-state index in [1.54, 1.807) is 0 Å². The highest BCUT2D eigenvalue weighted by molar-refractivity contribution is 5.12. The summed E-state index contributed by atoms with van der Waals surface area (Å²) in [6.07, 6.45) is 10.7. The molecule has 0 radical (unpaired) electrons. The summed E-state index contributed by atoms with van der Waals surface area (Å²) in [5, 5.41) is 0. The van der Waals surface area contributed by atoms with Gasteiger partial charge >= 0.3 is 0 Å². The third-order valence-electron chi connectivity index (χ3n) is 4.03. The SMILES string of the molecule is C=CC(=C)CCC(CC)(CC)CCC(=C)C=C. The highest BCUT2D eigenvalue weighted by Crippen LogP contribution is 2.38. The molecule has 0 aromatic rings. The summed E-state index contributed by atoms with van der Waals surface area (Å²) in [5.41, 5.74) is 2.73.